The van der Waals surface area contributed by atoms with Gasteiger partial charge in [-0.2, -0.15) is 0 Å². The van der Waals surface area contributed by atoms with Gasteiger partial charge >= 0.3 is 6.03 Å². The Labute approximate surface area is 103 Å². The summed E-state index contributed by atoms with van der Waals surface area (Å²) in [5, 5.41) is 3.03. The van der Waals surface area contributed by atoms with E-state index in [4.69, 9.17) is 11.5 Å². The number of anilines is 1. The van der Waals surface area contributed by atoms with Gasteiger partial charge in [0.2, 0.25) is 0 Å². The minimum absolute atomic E-state index is 0.234. The van der Waals surface area contributed by atoms with Crippen molar-refractivity contribution in [3.63, 3.8) is 0 Å². The predicted octanol–water partition coefficient (Wildman–Crippen LogP) is 1.32. The first kappa shape index (κ1) is 12.0. The maximum Gasteiger partial charge on any atom is 0.317 e. The van der Waals surface area contributed by atoms with Crippen molar-refractivity contribution in [2.75, 3.05) is 5.32 Å². The zero-order chi connectivity index (χ0) is 13.3. The summed E-state index contributed by atoms with van der Waals surface area (Å²) in [6, 6.07) is 4.88. The molecule has 0 spiro atoms. The van der Waals surface area contributed by atoms with Crippen LogP contribution in [-0.4, -0.2) is 16.9 Å². The molecular formula is C12H14N4O2. The van der Waals surface area contributed by atoms with Gasteiger partial charge in [0.05, 0.1) is 5.56 Å². The number of rotatable bonds is 3. The average molecular weight is 246 g/mol. The Morgan fingerprint density at radius 2 is 2.06 bits per heavy atom. The summed E-state index contributed by atoms with van der Waals surface area (Å²) in [5.74, 6) is -0.382. The molecule has 2 rings (SSSR count). The van der Waals surface area contributed by atoms with E-state index in [-0.39, 0.29) is 11.4 Å². The van der Waals surface area contributed by atoms with Crippen molar-refractivity contribution in [1.29, 1.82) is 0 Å². The number of nitrogens with one attached hydrogen (secondary N) is 2. The lowest BCUT2D eigenvalue weighted by Crippen LogP contribution is -2.22. The first-order valence-electron chi connectivity index (χ1n) is 5.53. The maximum absolute atomic E-state index is 11.4. The molecule has 0 aliphatic rings. The number of aromatic amines is 1. The molecule has 0 bridgehead atoms. The molecule has 1 aromatic heterocycles. The van der Waals surface area contributed by atoms with Gasteiger partial charge in [-0.05, 0) is 18.1 Å². The highest BCUT2D eigenvalue weighted by Crippen LogP contribution is 2.26. The molecule has 0 aliphatic carbocycles. The molecule has 6 N–H and O–H groups in total. The van der Waals surface area contributed by atoms with E-state index >= 15 is 0 Å². The second-order valence-electron chi connectivity index (χ2n) is 3.96. The van der Waals surface area contributed by atoms with Gasteiger partial charge < -0.3 is 16.5 Å². The Hall–Kier alpha value is -2.50. The number of hydrogen-bond acceptors (Lipinski definition) is 2. The topological polar surface area (TPSA) is 114 Å². The van der Waals surface area contributed by atoms with Crippen LogP contribution in [0.3, 0.4) is 0 Å². The predicted molar refractivity (Wildman–Crippen MR) is 69.4 cm³/mol. The lowest BCUT2D eigenvalue weighted by molar-refractivity contribution is 0.100. The number of carbonyl (C=O) groups excluding carboxylic acids is 2. The van der Waals surface area contributed by atoms with Crippen molar-refractivity contribution in [3.8, 4) is 0 Å². The van der Waals surface area contributed by atoms with Crippen molar-refractivity contribution < 1.29 is 9.59 Å². The third kappa shape index (κ3) is 2.00. The molecule has 94 valence electrons. The fourth-order valence-corrected chi connectivity index (χ4v) is 1.94. The van der Waals surface area contributed by atoms with Crippen LogP contribution in [0.4, 0.5) is 10.6 Å². The molecule has 1 aromatic carbocycles. The molecule has 0 saturated carbocycles. The van der Waals surface area contributed by atoms with Crippen molar-refractivity contribution in [2.45, 2.75) is 13.3 Å². The number of nitrogens with two attached hydrogens (primary N) is 2. The number of fused-ring (bicyclic) bond motifs is 1. The van der Waals surface area contributed by atoms with Crippen LogP contribution in [0, 0.1) is 0 Å². The Kier molecular flexibility index (Phi) is 2.93. The third-order valence-electron chi connectivity index (χ3n) is 2.77. The van der Waals surface area contributed by atoms with Crippen LogP contribution in [0.25, 0.3) is 10.9 Å². The van der Waals surface area contributed by atoms with Crippen LogP contribution in [0.15, 0.2) is 18.2 Å². The molecule has 0 atom stereocenters. The molecule has 18 heavy (non-hydrogen) atoms. The van der Waals surface area contributed by atoms with E-state index < -0.39 is 11.9 Å². The number of aryl methyl sites for hydroxylation is 1. The molecule has 6 heteroatoms. The smallest absolute Gasteiger partial charge is 0.317 e. The van der Waals surface area contributed by atoms with Gasteiger partial charge in [-0.1, -0.05) is 19.1 Å². The van der Waals surface area contributed by atoms with Crippen molar-refractivity contribution in [2.24, 2.45) is 11.5 Å². The maximum atomic E-state index is 11.4. The van der Waals surface area contributed by atoms with Crippen molar-refractivity contribution in [3.05, 3.63) is 29.3 Å². The van der Waals surface area contributed by atoms with Crippen LogP contribution in [0.2, 0.25) is 0 Å². The molecule has 3 amide bonds. The number of aromatic nitrogens is 1. The van der Waals surface area contributed by atoms with Gasteiger partial charge in [-0.15, -0.1) is 0 Å². The van der Waals surface area contributed by atoms with Gasteiger partial charge in [0, 0.05) is 10.9 Å². The summed E-state index contributed by atoms with van der Waals surface area (Å²) in [6.07, 6.45) is 0.874. The first-order valence-corrected chi connectivity index (χ1v) is 5.53. The second kappa shape index (κ2) is 4.40. The molecule has 1 heterocycles. The zero-order valence-electron chi connectivity index (χ0n) is 9.91. The van der Waals surface area contributed by atoms with Crippen LogP contribution < -0.4 is 16.8 Å². The summed E-state index contributed by atoms with van der Waals surface area (Å²) in [6.45, 7) is 2.03. The lowest BCUT2D eigenvalue weighted by atomic mass is 10.1. The van der Waals surface area contributed by atoms with E-state index in [1.54, 1.807) is 6.07 Å². The van der Waals surface area contributed by atoms with Crippen LogP contribution >= 0.6 is 0 Å². The monoisotopic (exact) mass is 246 g/mol. The standard InChI is InChI=1S/C12H14N4O2/c1-2-6-3-4-7-8(5-6)15-11(16-12(14)18)9(7)10(13)17/h3-5,15H,2H2,1H3,(H2,13,17)(H3,14,16,18). The quantitative estimate of drug-likeness (QED) is 0.654. The molecule has 0 radical (unpaired) electrons. The molecule has 6 nitrogen and oxygen atoms in total. The molecule has 0 unspecified atom stereocenters. The summed E-state index contributed by atoms with van der Waals surface area (Å²) >= 11 is 0. The van der Waals surface area contributed by atoms with Gasteiger partial charge in [0.1, 0.15) is 5.82 Å². The van der Waals surface area contributed by atoms with Crippen LogP contribution in [-0.2, 0) is 6.42 Å². The summed E-state index contributed by atoms with van der Waals surface area (Å²) < 4.78 is 0. The highest BCUT2D eigenvalue weighted by molar-refractivity contribution is 6.12. The van der Waals surface area contributed by atoms with E-state index in [9.17, 15) is 9.59 Å². The SMILES string of the molecule is CCc1ccc2c(C(N)=O)c(NC(N)=O)[nH]c2c1. The molecule has 0 saturated heterocycles. The van der Waals surface area contributed by atoms with Crippen LogP contribution in [0.5, 0.6) is 0 Å². The molecule has 0 fully saturated rings. The van der Waals surface area contributed by atoms with Crippen molar-refractivity contribution in [1.82, 2.24) is 4.98 Å². The minimum atomic E-state index is -0.750. The fourth-order valence-electron chi connectivity index (χ4n) is 1.94. The highest BCUT2D eigenvalue weighted by atomic mass is 16.2. The number of primary amides is 2. The number of amides is 3. The molecule has 0 aliphatic heterocycles. The van der Waals surface area contributed by atoms with Gasteiger partial charge in [0.15, 0.2) is 0 Å². The van der Waals surface area contributed by atoms with Crippen LogP contribution in [0.1, 0.15) is 22.8 Å². The van der Waals surface area contributed by atoms with E-state index in [0.29, 0.717) is 5.39 Å². The largest absolute Gasteiger partial charge is 0.365 e. The first-order chi connectivity index (χ1) is 8.52. The number of carbonyl (C=O) groups is 2. The Balaban J connectivity index is 2.66. The number of hydrogen-bond donors (Lipinski definition) is 4. The van der Waals surface area contributed by atoms with E-state index in [1.807, 2.05) is 19.1 Å². The Morgan fingerprint density at radius 3 is 2.61 bits per heavy atom. The number of benzene rings is 1. The Bertz CT molecular complexity index is 630. The average Bonchev–Trinajstić information content (AvgIpc) is 2.64. The number of H-pyrrole nitrogens is 1. The fraction of sp³-hybridized carbons (Fsp3) is 0.167. The second-order valence-corrected chi connectivity index (χ2v) is 3.96. The van der Waals surface area contributed by atoms with Gasteiger partial charge in [0.25, 0.3) is 5.91 Å². The zero-order valence-corrected chi connectivity index (χ0v) is 9.91. The summed E-state index contributed by atoms with van der Waals surface area (Å²) in [4.78, 5) is 25.3. The van der Waals surface area contributed by atoms with E-state index in [1.165, 1.54) is 0 Å². The molecular weight excluding hydrogens is 232 g/mol. The molecule has 2 aromatic rings. The Morgan fingerprint density at radius 1 is 1.33 bits per heavy atom. The van der Waals surface area contributed by atoms with Crippen molar-refractivity contribution >= 4 is 28.7 Å². The van der Waals surface area contributed by atoms with Gasteiger partial charge in [-0.25, -0.2) is 4.79 Å². The lowest BCUT2D eigenvalue weighted by Gasteiger charge is -2.00. The minimum Gasteiger partial charge on any atom is -0.365 e. The normalized spacial score (nSPS) is 10.5. The summed E-state index contributed by atoms with van der Waals surface area (Å²) in [7, 11) is 0. The van der Waals surface area contributed by atoms with E-state index in [0.717, 1.165) is 17.5 Å². The number of urea groups is 1. The van der Waals surface area contributed by atoms with E-state index in [2.05, 4.69) is 10.3 Å². The highest BCUT2D eigenvalue weighted by Gasteiger charge is 2.17. The third-order valence-corrected chi connectivity index (χ3v) is 2.77. The summed E-state index contributed by atoms with van der Waals surface area (Å²) in [5.41, 5.74) is 12.5. The van der Waals surface area contributed by atoms with Gasteiger partial charge in [-0.3, -0.25) is 10.1 Å².